The number of halogens is 2. The highest BCUT2D eigenvalue weighted by Crippen LogP contribution is 2.42. The molecule has 32 heavy (non-hydrogen) atoms. The van der Waals surface area contributed by atoms with Gasteiger partial charge in [-0.1, -0.05) is 0 Å². The average Bonchev–Trinajstić information content (AvgIpc) is 3.58. The van der Waals surface area contributed by atoms with E-state index in [4.69, 9.17) is 10.5 Å². The number of piperazine rings is 1. The van der Waals surface area contributed by atoms with E-state index in [0.29, 0.717) is 12.8 Å². The lowest BCUT2D eigenvalue weighted by Crippen LogP contribution is -2.54. The van der Waals surface area contributed by atoms with Gasteiger partial charge in [0.15, 0.2) is 11.6 Å². The van der Waals surface area contributed by atoms with Gasteiger partial charge in [0.05, 0.1) is 23.2 Å². The van der Waals surface area contributed by atoms with Gasteiger partial charge in [-0.3, -0.25) is 4.79 Å². The number of carboxylic acid groups (broad SMARTS) is 1. The molecule has 0 spiro atoms. The van der Waals surface area contributed by atoms with Crippen LogP contribution in [0.4, 0.5) is 25.0 Å². The maximum absolute atomic E-state index is 15.9. The highest BCUT2D eigenvalue weighted by molar-refractivity contribution is 5.99. The van der Waals surface area contributed by atoms with E-state index < -0.39 is 51.8 Å². The van der Waals surface area contributed by atoms with E-state index >= 15 is 8.78 Å². The number of aromatic nitrogens is 1. The number of hydrogen-bond donors (Lipinski definition) is 2. The second-order valence-corrected chi connectivity index (χ2v) is 8.12. The second-order valence-electron chi connectivity index (χ2n) is 8.12. The van der Waals surface area contributed by atoms with Gasteiger partial charge in [0, 0.05) is 37.9 Å². The van der Waals surface area contributed by atoms with Crippen molar-refractivity contribution in [2.45, 2.75) is 38.8 Å². The van der Waals surface area contributed by atoms with Gasteiger partial charge in [-0.15, -0.1) is 0 Å². The zero-order chi connectivity index (χ0) is 23.3. The van der Waals surface area contributed by atoms with Crippen LogP contribution in [0.2, 0.25) is 0 Å². The van der Waals surface area contributed by atoms with Crippen LogP contribution in [0.3, 0.4) is 0 Å². The van der Waals surface area contributed by atoms with Crippen LogP contribution in [0, 0.1) is 11.6 Å². The zero-order valence-corrected chi connectivity index (χ0v) is 17.7. The quantitative estimate of drug-likeness (QED) is 0.688. The number of carboxylic acids is 1. The fraction of sp³-hybridized carbons (Fsp3) is 0.476. The predicted octanol–water partition coefficient (Wildman–Crippen LogP) is 2.56. The SMILES string of the molecule is CCOC(=O)N1CCN(c2c(F)c(N)c3c(=O)c(C(=O)O)cn(C4CC4)c3c2F)C(C)C1. The molecule has 2 aliphatic rings. The van der Waals surface area contributed by atoms with Gasteiger partial charge in [0.2, 0.25) is 5.43 Å². The molecular formula is C21H24F2N4O5. The molecule has 4 rings (SSSR count). The normalized spacial score (nSPS) is 18.8. The van der Waals surface area contributed by atoms with E-state index in [-0.39, 0.29) is 43.5 Å². The molecule has 0 bridgehead atoms. The number of amides is 1. The molecule has 2 fully saturated rings. The fourth-order valence-corrected chi connectivity index (χ4v) is 4.27. The van der Waals surface area contributed by atoms with Crippen LogP contribution in [-0.4, -0.2) is 58.9 Å². The Labute approximate surface area is 181 Å². The molecule has 1 aromatic heterocycles. The molecule has 1 atom stereocenters. The van der Waals surface area contributed by atoms with Crippen LogP contribution in [0.5, 0.6) is 0 Å². The van der Waals surface area contributed by atoms with Crippen molar-refractivity contribution in [1.29, 1.82) is 0 Å². The van der Waals surface area contributed by atoms with E-state index in [1.807, 2.05) is 0 Å². The summed E-state index contributed by atoms with van der Waals surface area (Å²) in [6.07, 6.45) is 1.97. The molecule has 1 unspecified atom stereocenters. The summed E-state index contributed by atoms with van der Waals surface area (Å²) < 4.78 is 37.6. The Kier molecular flexibility index (Phi) is 5.43. The van der Waals surface area contributed by atoms with Gasteiger partial charge in [0.1, 0.15) is 11.3 Å². The van der Waals surface area contributed by atoms with E-state index in [1.54, 1.807) is 13.8 Å². The first-order valence-electron chi connectivity index (χ1n) is 10.4. The minimum atomic E-state index is -1.49. The van der Waals surface area contributed by atoms with Crippen LogP contribution in [0.15, 0.2) is 11.0 Å². The molecule has 2 heterocycles. The van der Waals surface area contributed by atoms with E-state index in [1.165, 1.54) is 14.4 Å². The van der Waals surface area contributed by atoms with Crippen molar-refractivity contribution in [1.82, 2.24) is 9.47 Å². The number of rotatable bonds is 4. The Morgan fingerprint density at radius 2 is 1.94 bits per heavy atom. The standard InChI is InChI=1S/C21H24F2N4O5/c1-3-32-21(31)25-6-7-26(10(2)8-25)18-14(22)16(24)13-17(15(18)23)27(11-4-5-11)9-12(19(13)28)20(29)30/h9-11H,3-8,24H2,1-2H3,(H,29,30). The summed E-state index contributed by atoms with van der Waals surface area (Å²) in [4.78, 5) is 39.3. The Balaban J connectivity index is 1.87. The summed E-state index contributed by atoms with van der Waals surface area (Å²) in [6, 6.07) is -0.658. The molecule has 11 heteroatoms. The molecule has 1 amide bonds. The molecule has 1 saturated carbocycles. The first-order valence-corrected chi connectivity index (χ1v) is 10.4. The first-order chi connectivity index (χ1) is 15.2. The Morgan fingerprint density at radius 3 is 2.50 bits per heavy atom. The van der Waals surface area contributed by atoms with Crippen LogP contribution < -0.4 is 16.1 Å². The van der Waals surface area contributed by atoms with Gasteiger partial charge < -0.3 is 29.9 Å². The highest BCUT2D eigenvalue weighted by Gasteiger charge is 2.36. The summed E-state index contributed by atoms with van der Waals surface area (Å²) in [5.41, 5.74) is 3.18. The van der Waals surface area contributed by atoms with Gasteiger partial charge in [-0.2, -0.15) is 0 Å². The van der Waals surface area contributed by atoms with Crippen molar-refractivity contribution in [3.8, 4) is 0 Å². The first kappa shape index (κ1) is 21.8. The van der Waals surface area contributed by atoms with E-state index in [2.05, 4.69) is 0 Å². The average molecular weight is 450 g/mol. The third-order valence-corrected chi connectivity index (χ3v) is 5.98. The number of nitrogen functional groups attached to an aromatic ring is 1. The van der Waals surface area contributed by atoms with Gasteiger partial charge in [0.25, 0.3) is 0 Å². The molecule has 9 nitrogen and oxygen atoms in total. The predicted molar refractivity (Wildman–Crippen MR) is 113 cm³/mol. The van der Waals surface area contributed by atoms with Gasteiger partial charge in [-0.25, -0.2) is 18.4 Å². The van der Waals surface area contributed by atoms with Crippen molar-refractivity contribution >= 4 is 34.3 Å². The number of anilines is 2. The molecule has 1 saturated heterocycles. The lowest BCUT2D eigenvalue weighted by atomic mass is 10.0. The molecule has 1 aromatic carbocycles. The largest absolute Gasteiger partial charge is 0.477 e. The summed E-state index contributed by atoms with van der Waals surface area (Å²) in [7, 11) is 0. The lowest BCUT2D eigenvalue weighted by Gasteiger charge is -2.41. The smallest absolute Gasteiger partial charge is 0.409 e. The molecule has 1 aliphatic heterocycles. The molecule has 1 aliphatic carbocycles. The number of carbonyl (C=O) groups is 2. The minimum Gasteiger partial charge on any atom is -0.477 e. The summed E-state index contributed by atoms with van der Waals surface area (Å²) in [5.74, 6) is -3.57. The number of hydrogen-bond acceptors (Lipinski definition) is 6. The zero-order valence-electron chi connectivity index (χ0n) is 17.7. The number of pyridine rings is 1. The van der Waals surface area contributed by atoms with Gasteiger partial charge >= 0.3 is 12.1 Å². The third-order valence-electron chi connectivity index (χ3n) is 5.98. The second kappa shape index (κ2) is 7.95. The maximum atomic E-state index is 15.9. The number of carbonyl (C=O) groups excluding carboxylic acids is 1. The van der Waals surface area contributed by atoms with Crippen LogP contribution in [0.1, 0.15) is 43.1 Å². The minimum absolute atomic E-state index is 0.125. The van der Waals surface area contributed by atoms with Crippen molar-refractivity contribution in [3.63, 3.8) is 0 Å². The van der Waals surface area contributed by atoms with Crippen molar-refractivity contribution < 1.29 is 28.2 Å². The Bertz CT molecular complexity index is 1180. The number of benzene rings is 1. The summed E-state index contributed by atoms with van der Waals surface area (Å²) in [6.45, 7) is 4.12. The monoisotopic (exact) mass is 450 g/mol. The fourth-order valence-electron chi connectivity index (χ4n) is 4.27. The molecule has 0 radical (unpaired) electrons. The van der Waals surface area contributed by atoms with Crippen molar-refractivity contribution in [2.24, 2.45) is 0 Å². The lowest BCUT2D eigenvalue weighted by molar-refractivity contribution is 0.0694. The number of ether oxygens (including phenoxy) is 1. The molecular weight excluding hydrogens is 426 g/mol. The van der Waals surface area contributed by atoms with Crippen molar-refractivity contribution in [2.75, 3.05) is 36.9 Å². The number of aromatic carboxylic acids is 1. The molecule has 3 N–H and O–H groups in total. The van der Waals surface area contributed by atoms with Crippen LogP contribution in [-0.2, 0) is 4.74 Å². The van der Waals surface area contributed by atoms with E-state index in [9.17, 15) is 19.5 Å². The number of fused-ring (bicyclic) bond motifs is 1. The van der Waals surface area contributed by atoms with Crippen molar-refractivity contribution in [3.05, 3.63) is 33.6 Å². The maximum Gasteiger partial charge on any atom is 0.409 e. The Morgan fingerprint density at radius 1 is 1.25 bits per heavy atom. The van der Waals surface area contributed by atoms with Crippen LogP contribution >= 0.6 is 0 Å². The highest BCUT2D eigenvalue weighted by atomic mass is 19.1. The summed E-state index contributed by atoms with van der Waals surface area (Å²) in [5, 5.41) is 8.93. The number of nitrogens with zero attached hydrogens (tertiary/aromatic N) is 3. The Hall–Kier alpha value is -3.37. The third kappa shape index (κ3) is 3.41. The molecule has 172 valence electrons. The van der Waals surface area contributed by atoms with E-state index in [0.717, 1.165) is 6.20 Å². The molecule has 2 aromatic rings. The topological polar surface area (TPSA) is 118 Å². The summed E-state index contributed by atoms with van der Waals surface area (Å²) >= 11 is 0. The number of nitrogens with two attached hydrogens (primary N) is 1. The van der Waals surface area contributed by atoms with Crippen LogP contribution in [0.25, 0.3) is 10.9 Å². The van der Waals surface area contributed by atoms with Gasteiger partial charge in [-0.05, 0) is 26.7 Å².